The largest absolute Gasteiger partial charge is 0.343 e. The van der Waals surface area contributed by atoms with Gasteiger partial charge in [0.2, 0.25) is 0 Å². The van der Waals surface area contributed by atoms with Crippen molar-refractivity contribution in [3.63, 3.8) is 0 Å². The Balaban J connectivity index is 2.34. The van der Waals surface area contributed by atoms with Gasteiger partial charge in [-0.25, -0.2) is 9.89 Å². The van der Waals surface area contributed by atoms with Crippen molar-refractivity contribution >= 4 is 23.4 Å². The van der Waals surface area contributed by atoms with Crippen LogP contribution in [-0.2, 0) is 13.0 Å². The first-order valence-corrected chi connectivity index (χ1v) is 7.66. The van der Waals surface area contributed by atoms with Crippen LogP contribution >= 0.6 is 23.4 Å². The van der Waals surface area contributed by atoms with E-state index < -0.39 is 0 Å². The van der Waals surface area contributed by atoms with Crippen molar-refractivity contribution in [1.29, 1.82) is 0 Å². The molecule has 0 aliphatic heterocycles. The topological polar surface area (TPSA) is 76.7 Å². The monoisotopic (exact) mass is 312 g/mol. The Bertz CT molecular complexity index is 638. The number of halogens is 1. The molecule has 7 heteroatoms. The summed E-state index contributed by atoms with van der Waals surface area (Å²) in [6.07, 6.45) is 1.64. The zero-order chi connectivity index (χ0) is 14.5. The van der Waals surface area contributed by atoms with E-state index in [1.165, 1.54) is 11.8 Å². The van der Waals surface area contributed by atoms with Gasteiger partial charge in [-0.2, -0.15) is 0 Å². The minimum atomic E-state index is -0.184. The lowest BCUT2D eigenvalue weighted by atomic mass is 10.1. The standard InChI is InChI=1S/C13H17ClN4OS/c1-2-7-18-12(19)16-17-13(18)20-11-8-10(14)4-3-9(11)5-6-15/h3-4,8H,2,5-7,15H2,1H3,(H,16,19). The molecule has 0 unspecified atom stereocenters. The van der Waals surface area contributed by atoms with Crippen LogP contribution in [0, 0.1) is 0 Å². The van der Waals surface area contributed by atoms with Crippen LogP contribution in [0.5, 0.6) is 0 Å². The molecule has 20 heavy (non-hydrogen) atoms. The number of nitrogens with one attached hydrogen (secondary N) is 1. The summed E-state index contributed by atoms with van der Waals surface area (Å²) in [5, 5.41) is 7.87. The van der Waals surface area contributed by atoms with Gasteiger partial charge < -0.3 is 5.73 Å². The lowest BCUT2D eigenvalue weighted by molar-refractivity contribution is 0.604. The molecule has 0 fully saturated rings. The number of aromatic nitrogens is 3. The van der Waals surface area contributed by atoms with Gasteiger partial charge in [0.1, 0.15) is 0 Å². The smallest absolute Gasteiger partial charge is 0.330 e. The summed E-state index contributed by atoms with van der Waals surface area (Å²) in [7, 11) is 0. The summed E-state index contributed by atoms with van der Waals surface area (Å²) >= 11 is 7.48. The first kappa shape index (κ1) is 15.2. The molecular weight excluding hydrogens is 296 g/mol. The van der Waals surface area contributed by atoms with Crippen LogP contribution in [-0.4, -0.2) is 21.3 Å². The Labute approximate surface area is 126 Å². The summed E-state index contributed by atoms with van der Waals surface area (Å²) in [5.41, 5.74) is 6.55. The molecule has 0 atom stereocenters. The summed E-state index contributed by atoms with van der Waals surface area (Å²) in [6, 6.07) is 5.69. The second-order valence-corrected chi connectivity index (χ2v) is 5.80. The van der Waals surface area contributed by atoms with Gasteiger partial charge in [0.25, 0.3) is 0 Å². The number of hydrogen-bond acceptors (Lipinski definition) is 4. The molecule has 1 heterocycles. The van der Waals surface area contributed by atoms with Crippen LogP contribution in [0.4, 0.5) is 0 Å². The summed E-state index contributed by atoms with van der Waals surface area (Å²) < 4.78 is 1.64. The Morgan fingerprint density at radius 3 is 3.00 bits per heavy atom. The highest BCUT2D eigenvalue weighted by molar-refractivity contribution is 7.99. The number of benzene rings is 1. The van der Waals surface area contributed by atoms with Crippen molar-refractivity contribution in [3.8, 4) is 0 Å². The molecule has 0 amide bonds. The molecule has 0 spiro atoms. The van der Waals surface area contributed by atoms with E-state index in [9.17, 15) is 4.79 Å². The van der Waals surface area contributed by atoms with Gasteiger partial charge in [-0.15, -0.1) is 5.10 Å². The number of nitrogens with zero attached hydrogens (tertiary/aromatic N) is 2. The zero-order valence-electron chi connectivity index (χ0n) is 11.2. The molecule has 0 saturated carbocycles. The van der Waals surface area contributed by atoms with E-state index >= 15 is 0 Å². The average Bonchev–Trinajstić information content (AvgIpc) is 2.75. The third kappa shape index (κ3) is 3.45. The normalized spacial score (nSPS) is 10.9. The molecule has 2 rings (SSSR count). The molecule has 0 saturated heterocycles. The van der Waals surface area contributed by atoms with Crippen molar-refractivity contribution in [2.45, 2.75) is 36.4 Å². The van der Waals surface area contributed by atoms with Gasteiger partial charge in [-0.3, -0.25) is 4.57 Å². The van der Waals surface area contributed by atoms with Crippen LogP contribution in [0.25, 0.3) is 0 Å². The molecule has 0 aliphatic rings. The van der Waals surface area contributed by atoms with E-state index in [0.29, 0.717) is 23.3 Å². The SMILES string of the molecule is CCCn1c(Sc2cc(Cl)ccc2CCN)n[nH]c1=O. The number of rotatable bonds is 6. The summed E-state index contributed by atoms with van der Waals surface area (Å²) in [5.74, 6) is 0. The quantitative estimate of drug-likeness (QED) is 0.858. The van der Waals surface area contributed by atoms with Crippen LogP contribution in [0.1, 0.15) is 18.9 Å². The molecule has 5 nitrogen and oxygen atoms in total. The Morgan fingerprint density at radius 2 is 2.30 bits per heavy atom. The van der Waals surface area contributed by atoms with Crippen molar-refractivity contribution in [2.24, 2.45) is 5.73 Å². The maximum atomic E-state index is 11.7. The van der Waals surface area contributed by atoms with Crippen molar-refractivity contribution in [1.82, 2.24) is 14.8 Å². The highest BCUT2D eigenvalue weighted by Crippen LogP contribution is 2.31. The number of hydrogen-bond donors (Lipinski definition) is 2. The predicted molar refractivity (Wildman–Crippen MR) is 81.5 cm³/mol. The van der Waals surface area contributed by atoms with E-state index in [1.807, 2.05) is 25.1 Å². The minimum absolute atomic E-state index is 0.184. The molecular formula is C13H17ClN4OS. The van der Waals surface area contributed by atoms with Crippen LogP contribution in [0.2, 0.25) is 5.02 Å². The predicted octanol–water partition coefficient (Wildman–Crippen LogP) is 2.29. The Hall–Kier alpha value is -1.24. The number of nitrogens with two attached hydrogens (primary N) is 1. The van der Waals surface area contributed by atoms with Gasteiger partial charge >= 0.3 is 5.69 Å². The van der Waals surface area contributed by atoms with Gasteiger partial charge in [0.15, 0.2) is 5.16 Å². The molecule has 108 valence electrons. The van der Waals surface area contributed by atoms with Crippen LogP contribution < -0.4 is 11.4 Å². The van der Waals surface area contributed by atoms with Gasteiger partial charge in [0.05, 0.1) is 0 Å². The Morgan fingerprint density at radius 1 is 1.50 bits per heavy atom. The van der Waals surface area contributed by atoms with Crippen molar-refractivity contribution in [2.75, 3.05) is 6.54 Å². The molecule has 3 N–H and O–H groups in total. The highest BCUT2D eigenvalue weighted by atomic mass is 35.5. The maximum Gasteiger partial charge on any atom is 0.343 e. The average molecular weight is 313 g/mol. The maximum absolute atomic E-state index is 11.7. The highest BCUT2D eigenvalue weighted by Gasteiger charge is 2.12. The molecule has 2 aromatic rings. The van der Waals surface area contributed by atoms with E-state index in [-0.39, 0.29) is 5.69 Å². The second-order valence-electron chi connectivity index (χ2n) is 4.36. The fourth-order valence-electron chi connectivity index (χ4n) is 1.89. The van der Waals surface area contributed by atoms with Gasteiger partial charge in [-0.05, 0) is 48.8 Å². The third-order valence-corrected chi connectivity index (χ3v) is 4.14. The molecule has 0 bridgehead atoms. The number of aromatic amines is 1. The third-order valence-electron chi connectivity index (χ3n) is 2.81. The summed E-state index contributed by atoms with van der Waals surface area (Å²) in [6.45, 7) is 3.23. The molecule has 0 aliphatic carbocycles. The molecule has 1 aromatic heterocycles. The lowest BCUT2D eigenvalue weighted by Gasteiger charge is -2.09. The molecule has 0 radical (unpaired) electrons. The minimum Gasteiger partial charge on any atom is -0.330 e. The second kappa shape index (κ2) is 6.97. The first-order chi connectivity index (χ1) is 9.65. The lowest BCUT2D eigenvalue weighted by Crippen LogP contribution is -2.17. The van der Waals surface area contributed by atoms with E-state index in [1.54, 1.807) is 4.57 Å². The fourth-order valence-corrected chi connectivity index (χ4v) is 3.18. The number of H-pyrrole nitrogens is 1. The Kier molecular flexibility index (Phi) is 5.28. The van der Waals surface area contributed by atoms with Crippen LogP contribution in [0.15, 0.2) is 33.0 Å². The summed E-state index contributed by atoms with van der Waals surface area (Å²) in [4.78, 5) is 12.7. The van der Waals surface area contributed by atoms with E-state index in [4.69, 9.17) is 17.3 Å². The fraction of sp³-hybridized carbons (Fsp3) is 0.385. The van der Waals surface area contributed by atoms with Gasteiger partial charge in [0, 0.05) is 16.5 Å². The zero-order valence-corrected chi connectivity index (χ0v) is 12.8. The van der Waals surface area contributed by atoms with Crippen LogP contribution in [0.3, 0.4) is 0 Å². The van der Waals surface area contributed by atoms with Crippen molar-refractivity contribution in [3.05, 3.63) is 39.3 Å². The van der Waals surface area contributed by atoms with E-state index in [2.05, 4.69) is 10.2 Å². The first-order valence-electron chi connectivity index (χ1n) is 6.47. The molecule has 1 aromatic carbocycles. The van der Waals surface area contributed by atoms with Crippen molar-refractivity contribution < 1.29 is 0 Å². The van der Waals surface area contributed by atoms with Gasteiger partial charge in [-0.1, -0.05) is 24.6 Å². The van der Waals surface area contributed by atoms with E-state index in [0.717, 1.165) is 23.3 Å².